The number of hydrogen-bond acceptors (Lipinski definition) is 5. The predicted octanol–water partition coefficient (Wildman–Crippen LogP) is 2.46. The minimum Gasteiger partial charge on any atom is -0.366 e. The molecule has 0 saturated carbocycles. The van der Waals surface area contributed by atoms with Crippen molar-refractivity contribution >= 4 is 44.8 Å². The number of carbonyl (C=O) groups excluding carboxylic acids is 1. The van der Waals surface area contributed by atoms with E-state index in [0.717, 1.165) is 8.99 Å². The van der Waals surface area contributed by atoms with Gasteiger partial charge in [0.15, 0.2) is 0 Å². The summed E-state index contributed by atoms with van der Waals surface area (Å²) in [5.74, 6) is -0.608. The standard InChI is InChI=1S/C18H14Cl2N4O4S/c1-23(12-4-2-11(3-5-12)17(21)25)29(27,28)14-8-6-13(7-9-14)24-18(26)16(20)15(19)10-22-24/h2-10H,1H3,(H2,21,25). The van der Waals surface area contributed by atoms with Gasteiger partial charge >= 0.3 is 0 Å². The maximum atomic E-state index is 12.9. The Morgan fingerprint density at radius 3 is 2.21 bits per heavy atom. The topological polar surface area (TPSA) is 115 Å². The SMILES string of the molecule is CN(c1ccc(C(N)=O)cc1)S(=O)(=O)c1ccc(-n2ncc(Cl)c(Cl)c2=O)cc1. The van der Waals surface area contributed by atoms with Gasteiger partial charge < -0.3 is 5.73 Å². The lowest BCUT2D eigenvalue weighted by Crippen LogP contribution is -2.27. The van der Waals surface area contributed by atoms with Crippen molar-refractivity contribution in [3.8, 4) is 5.69 Å². The van der Waals surface area contributed by atoms with E-state index in [9.17, 15) is 18.0 Å². The number of amides is 1. The van der Waals surface area contributed by atoms with E-state index in [1.807, 2.05) is 0 Å². The highest BCUT2D eigenvalue weighted by atomic mass is 35.5. The second-order valence-electron chi connectivity index (χ2n) is 5.90. The third-order valence-corrected chi connectivity index (χ3v) is 6.68. The fourth-order valence-corrected chi connectivity index (χ4v) is 3.94. The Kier molecular flexibility index (Phi) is 5.65. The summed E-state index contributed by atoms with van der Waals surface area (Å²) < 4.78 is 27.8. The van der Waals surface area contributed by atoms with Crippen LogP contribution in [0.3, 0.4) is 0 Å². The molecule has 0 fully saturated rings. The Morgan fingerprint density at radius 2 is 1.66 bits per heavy atom. The lowest BCUT2D eigenvalue weighted by molar-refractivity contribution is 0.100. The Labute approximate surface area is 176 Å². The molecule has 0 radical (unpaired) electrons. The molecule has 2 N–H and O–H groups in total. The van der Waals surface area contributed by atoms with E-state index < -0.39 is 21.5 Å². The van der Waals surface area contributed by atoms with Crippen molar-refractivity contribution in [1.82, 2.24) is 9.78 Å². The van der Waals surface area contributed by atoms with Gasteiger partial charge in [-0.1, -0.05) is 23.2 Å². The summed E-state index contributed by atoms with van der Waals surface area (Å²) in [7, 11) is -2.50. The van der Waals surface area contributed by atoms with Crippen LogP contribution >= 0.6 is 23.2 Å². The first-order valence-electron chi connectivity index (χ1n) is 8.05. The van der Waals surface area contributed by atoms with Crippen molar-refractivity contribution in [2.45, 2.75) is 4.90 Å². The monoisotopic (exact) mass is 452 g/mol. The third kappa shape index (κ3) is 3.98. The fourth-order valence-electron chi connectivity index (χ4n) is 2.49. The first-order chi connectivity index (χ1) is 13.6. The van der Waals surface area contributed by atoms with E-state index in [4.69, 9.17) is 28.9 Å². The van der Waals surface area contributed by atoms with Crippen LogP contribution in [0.15, 0.2) is 64.4 Å². The Bertz CT molecular complexity index is 1240. The Morgan fingerprint density at radius 1 is 1.07 bits per heavy atom. The summed E-state index contributed by atoms with van der Waals surface area (Å²) in [6, 6.07) is 11.4. The van der Waals surface area contributed by atoms with Crippen LogP contribution in [0.5, 0.6) is 0 Å². The highest BCUT2D eigenvalue weighted by Gasteiger charge is 2.22. The van der Waals surface area contributed by atoms with E-state index in [1.165, 1.54) is 61.8 Å². The Hall–Kier alpha value is -2.88. The molecule has 11 heteroatoms. The number of rotatable bonds is 5. The van der Waals surface area contributed by atoms with E-state index >= 15 is 0 Å². The molecule has 0 saturated heterocycles. The van der Waals surface area contributed by atoms with Crippen molar-refractivity contribution in [2.75, 3.05) is 11.4 Å². The zero-order chi connectivity index (χ0) is 21.3. The molecular formula is C18H14Cl2N4O4S. The average Bonchev–Trinajstić information content (AvgIpc) is 2.72. The van der Waals surface area contributed by atoms with Gasteiger partial charge in [-0.15, -0.1) is 0 Å². The van der Waals surface area contributed by atoms with Gasteiger partial charge in [-0.3, -0.25) is 13.9 Å². The number of benzene rings is 2. The molecule has 3 rings (SSSR count). The van der Waals surface area contributed by atoms with E-state index in [1.54, 1.807) is 0 Å². The van der Waals surface area contributed by atoms with Crippen molar-refractivity contribution in [3.05, 3.63) is 80.7 Å². The predicted molar refractivity (Wildman–Crippen MR) is 110 cm³/mol. The molecule has 0 bridgehead atoms. The van der Waals surface area contributed by atoms with Crippen LogP contribution in [0.1, 0.15) is 10.4 Å². The summed E-state index contributed by atoms with van der Waals surface area (Å²) in [5, 5.41) is 3.74. The van der Waals surface area contributed by atoms with E-state index in [2.05, 4.69) is 5.10 Å². The van der Waals surface area contributed by atoms with Crippen LogP contribution in [-0.2, 0) is 10.0 Å². The molecule has 2 aromatic carbocycles. The van der Waals surface area contributed by atoms with Gasteiger partial charge in [0.25, 0.3) is 15.6 Å². The van der Waals surface area contributed by atoms with E-state index in [-0.39, 0.29) is 20.5 Å². The number of aromatic nitrogens is 2. The average molecular weight is 453 g/mol. The van der Waals surface area contributed by atoms with Gasteiger partial charge in [-0.2, -0.15) is 9.78 Å². The second kappa shape index (κ2) is 7.86. The minimum atomic E-state index is -3.89. The van der Waals surface area contributed by atoms with Gasteiger partial charge in [-0.25, -0.2) is 8.42 Å². The zero-order valence-electron chi connectivity index (χ0n) is 14.9. The van der Waals surface area contributed by atoms with E-state index in [0.29, 0.717) is 11.4 Å². The molecule has 1 aromatic heterocycles. The molecule has 0 spiro atoms. The lowest BCUT2D eigenvalue weighted by Gasteiger charge is -2.20. The first kappa shape index (κ1) is 20.8. The largest absolute Gasteiger partial charge is 0.366 e. The molecule has 0 aliphatic rings. The molecule has 8 nitrogen and oxygen atoms in total. The highest BCUT2D eigenvalue weighted by molar-refractivity contribution is 7.92. The number of sulfonamides is 1. The normalized spacial score (nSPS) is 11.3. The van der Waals surface area contributed by atoms with Crippen LogP contribution in [-0.4, -0.2) is 31.2 Å². The maximum absolute atomic E-state index is 12.9. The van der Waals surface area contributed by atoms with Crippen LogP contribution < -0.4 is 15.6 Å². The van der Waals surface area contributed by atoms with Crippen LogP contribution in [0.25, 0.3) is 5.69 Å². The van der Waals surface area contributed by atoms with Gasteiger partial charge in [0.1, 0.15) is 5.02 Å². The number of nitrogens with two attached hydrogens (primary N) is 1. The summed E-state index contributed by atoms with van der Waals surface area (Å²) >= 11 is 11.6. The molecule has 150 valence electrons. The van der Waals surface area contributed by atoms with Crippen molar-refractivity contribution in [3.63, 3.8) is 0 Å². The van der Waals surface area contributed by atoms with Gasteiger partial charge in [0.2, 0.25) is 5.91 Å². The van der Waals surface area contributed by atoms with Gasteiger partial charge in [0.05, 0.1) is 27.5 Å². The summed E-state index contributed by atoms with van der Waals surface area (Å²) in [5.41, 5.74) is 5.50. The number of primary amides is 1. The zero-order valence-corrected chi connectivity index (χ0v) is 17.2. The Balaban J connectivity index is 1.93. The van der Waals surface area contributed by atoms with Crippen molar-refractivity contribution in [1.29, 1.82) is 0 Å². The van der Waals surface area contributed by atoms with Crippen LogP contribution in [0.2, 0.25) is 10.0 Å². The quantitative estimate of drug-likeness (QED) is 0.637. The molecule has 29 heavy (non-hydrogen) atoms. The number of nitrogens with zero attached hydrogens (tertiary/aromatic N) is 3. The summed E-state index contributed by atoms with van der Waals surface area (Å²) in [6.07, 6.45) is 1.22. The van der Waals surface area contributed by atoms with Gasteiger partial charge in [0, 0.05) is 12.6 Å². The molecule has 3 aromatic rings. The van der Waals surface area contributed by atoms with Crippen LogP contribution in [0.4, 0.5) is 5.69 Å². The molecule has 0 aliphatic carbocycles. The highest BCUT2D eigenvalue weighted by Crippen LogP contribution is 2.23. The van der Waals surface area contributed by atoms with Gasteiger partial charge in [-0.05, 0) is 48.5 Å². The number of carbonyl (C=O) groups is 1. The van der Waals surface area contributed by atoms with Crippen LogP contribution in [0, 0.1) is 0 Å². The summed E-state index contributed by atoms with van der Waals surface area (Å²) in [6.45, 7) is 0. The number of anilines is 1. The third-order valence-electron chi connectivity index (χ3n) is 4.13. The maximum Gasteiger partial charge on any atom is 0.291 e. The van der Waals surface area contributed by atoms with Crippen molar-refractivity contribution in [2.24, 2.45) is 5.73 Å². The molecule has 0 unspecified atom stereocenters. The lowest BCUT2D eigenvalue weighted by atomic mass is 10.2. The molecule has 1 heterocycles. The smallest absolute Gasteiger partial charge is 0.291 e. The number of hydrogen-bond donors (Lipinski definition) is 1. The number of halogens is 2. The molecule has 0 atom stereocenters. The second-order valence-corrected chi connectivity index (χ2v) is 8.66. The molecule has 0 aliphatic heterocycles. The fraction of sp³-hybridized carbons (Fsp3) is 0.0556. The summed E-state index contributed by atoms with van der Waals surface area (Å²) in [4.78, 5) is 23.3. The minimum absolute atomic E-state index is 0.00385. The van der Waals surface area contributed by atoms with Crippen molar-refractivity contribution < 1.29 is 13.2 Å². The molecule has 1 amide bonds. The molecular weight excluding hydrogens is 439 g/mol. The first-order valence-corrected chi connectivity index (χ1v) is 10.2.